The van der Waals surface area contributed by atoms with Crippen LogP contribution in [0, 0.1) is 5.41 Å². The fourth-order valence-electron chi connectivity index (χ4n) is 2.08. The van der Waals surface area contributed by atoms with E-state index in [0.717, 1.165) is 19.3 Å². The fraction of sp³-hybridized carbons (Fsp3) is 0.833. The Morgan fingerprint density at radius 1 is 1.35 bits per heavy atom. The number of carboxylic acids is 1. The highest BCUT2D eigenvalue weighted by molar-refractivity contribution is 5.87. The van der Waals surface area contributed by atoms with Crippen molar-refractivity contribution in [3.63, 3.8) is 0 Å². The molecule has 1 heterocycles. The molecule has 1 amide bonds. The van der Waals surface area contributed by atoms with Crippen LogP contribution in [0.15, 0.2) is 0 Å². The van der Waals surface area contributed by atoms with E-state index >= 15 is 0 Å². The molecule has 0 aromatic carbocycles. The molecule has 0 spiro atoms. The Morgan fingerprint density at radius 2 is 2.00 bits per heavy atom. The quantitative estimate of drug-likeness (QED) is 0.767. The minimum Gasteiger partial charge on any atom is -0.480 e. The lowest BCUT2D eigenvalue weighted by atomic mass is 9.91. The lowest BCUT2D eigenvalue weighted by molar-refractivity contribution is -0.154. The fourth-order valence-corrected chi connectivity index (χ4v) is 2.08. The van der Waals surface area contributed by atoms with E-state index in [1.165, 1.54) is 4.90 Å². The largest absolute Gasteiger partial charge is 0.480 e. The van der Waals surface area contributed by atoms with Crippen LogP contribution in [0.5, 0.6) is 0 Å². The molecule has 1 fully saturated rings. The standard InChI is InChI=1S/C12H22N2O3/c1-12(2,8-13)11(17)14-7-5-3-4-6-9(14)10(15)16/h9H,3-8,13H2,1-2H3,(H,15,16). The summed E-state index contributed by atoms with van der Waals surface area (Å²) in [4.78, 5) is 25.0. The number of hydrogen-bond acceptors (Lipinski definition) is 3. The van der Waals surface area contributed by atoms with Crippen molar-refractivity contribution in [3.05, 3.63) is 0 Å². The van der Waals surface area contributed by atoms with Crippen molar-refractivity contribution < 1.29 is 14.7 Å². The molecule has 1 aliphatic heterocycles. The summed E-state index contributed by atoms with van der Waals surface area (Å²) in [6, 6.07) is -0.684. The van der Waals surface area contributed by atoms with E-state index < -0.39 is 17.4 Å². The van der Waals surface area contributed by atoms with Gasteiger partial charge in [-0.05, 0) is 26.7 Å². The molecule has 1 atom stereocenters. The summed E-state index contributed by atoms with van der Waals surface area (Å²) in [7, 11) is 0. The second-order valence-electron chi connectivity index (χ2n) is 5.29. The third-order valence-electron chi connectivity index (χ3n) is 3.39. The summed E-state index contributed by atoms with van der Waals surface area (Å²) >= 11 is 0. The maximum absolute atomic E-state index is 12.3. The normalized spacial score (nSPS) is 22.1. The van der Waals surface area contributed by atoms with E-state index in [1.54, 1.807) is 13.8 Å². The molecule has 1 rings (SSSR count). The Hall–Kier alpha value is -1.10. The molecule has 17 heavy (non-hydrogen) atoms. The zero-order valence-corrected chi connectivity index (χ0v) is 10.6. The van der Waals surface area contributed by atoms with Crippen LogP contribution in [0.25, 0.3) is 0 Å². The smallest absolute Gasteiger partial charge is 0.326 e. The van der Waals surface area contributed by atoms with E-state index in [2.05, 4.69) is 0 Å². The Balaban J connectivity index is 2.90. The van der Waals surface area contributed by atoms with Gasteiger partial charge in [0, 0.05) is 13.1 Å². The van der Waals surface area contributed by atoms with Crippen LogP contribution < -0.4 is 5.73 Å². The van der Waals surface area contributed by atoms with Gasteiger partial charge in [0.2, 0.25) is 5.91 Å². The first kappa shape index (κ1) is 14.0. The Kier molecular flexibility index (Phi) is 4.51. The van der Waals surface area contributed by atoms with Gasteiger partial charge in [-0.25, -0.2) is 4.79 Å². The summed E-state index contributed by atoms with van der Waals surface area (Å²) in [6.45, 7) is 4.28. The number of nitrogens with zero attached hydrogens (tertiary/aromatic N) is 1. The van der Waals surface area contributed by atoms with Gasteiger partial charge in [-0.3, -0.25) is 4.79 Å². The second-order valence-corrected chi connectivity index (χ2v) is 5.29. The molecular weight excluding hydrogens is 220 g/mol. The van der Waals surface area contributed by atoms with Crippen LogP contribution in [-0.2, 0) is 9.59 Å². The molecule has 3 N–H and O–H groups in total. The predicted molar refractivity (Wildman–Crippen MR) is 64.4 cm³/mol. The van der Waals surface area contributed by atoms with Crippen LogP contribution in [0.4, 0.5) is 0 Å². The van der Waals surface area contributed by atoms with Crippen LogP contribution in [0.1, 0.15) is 39.5 Å². The number of likely N-dealkylation sites (tertiary alicyclic amines) is 1. The Morgan fingerprint density at radius 3 is 2.53 bits per heavy atom. The number of hydrogen-bond donors (Lipinski definition) is 2. The van der Waals surface area contributed by atoms with Gasteiger partial charge in [0.05, 0.1) is 5.41 Å². The first-order valence-corrected chi connectivity index (χ1v) is 6.14. The number of carboxylic acid groups (broad SMARTS) is 1. The SMILES string of the molecule is CC(C)(CN)C(=O)N1CCCCCC1C(=O)O. The van der Waals surface area contributed by atoms with Gasteiger partial charge >= 0.3 is 5.97 Å². The molecule has 1 unspecified atom stereocenters. The number of rotatable bonds is 3. The van der Waals surface area contributed by atoms with Crippen LogP contribution in [0.3, 0.4) is 0 Å². The monoisotopic (exact) mass is 242 g/mol. The molecule has 5 heteroatoms. The first-order chi connectivity index (χ1) is 7.90. The molecule has 1 aliphatic rings. The van der Waals surface area contributed by atoms with Crippen molar-refractivity contribution in [2.75, 3.05) is 13.1 Å². The maximum Gasteiger partial charge on any atom is 0.326 e. The molecule has 0 aliphatic carbocycles. The van der Waals surface area contributed by atoms with Gasteiger partial charge in [-0.1, -0.05) is 12.8 Å². The number of aliphatic carboxylic acids is 1. The molecule has 0 bridgehead atoms. The van der Waals surface area contributed by atoms with Gasteiger partial charge in [0.25, 0.3) is 0 Å². The van der Waals surface area contributed by atoms with Crippen molar-refractivity contribution in [2.45, 2.75) is 45.6 Å². The number of nitrogens with two attached hydrogens (primary N) is 1. The van der Waals surface area contributed by atoms with E-state index in [1.807, 2.05) is 0 Å². The first-order valence-electron chi connectivity index (χ1n) is 6.14. The maximum atomic E-state index is 12.3. The van der Waals surface area contributed by atoms with E-state index in [0.29, 0.717) is 13.0 Å². The van der Waals surface area contributed by atoms with Crippen molar-refractivity contribution in [3.8, 4) is 0 Å². The van der Waals surface area contributed by atoms with E-state index in [-0.39, 0.29) is 12.5 Å². The highest BCUT2D eigenvalue weighted by Gasteiger charge is 2.37. The summed E-state index contributed by atoms with van der Waals surface area (Å²) in [5.74, 6) is -1.05. The lowest BCUT2D eigenvalue weighted by Gasteiger charge is -2.33. The van der Waals surface area contributed by atoms with Crippen LogP contribution in [-0.4, -0.2) is 41.0 Å². The zero-order valence-electron chi connectivity index (χ0n) is 10.6. The second kappa shape index (κ2) is 5.49. The Labute approximate surface area is 102 Å². The predicted octanol–water partition coefficient (Wildman–Crippen LogP) is 0.827. The molecule has 5 nitrogen and oxygen atoms in total. The molecule has 1 saturated heterocycles. The molecule has 0 aromatic rings. The molecule has 0 aromatic heterocycles. The third kappa shape index (κ3) is 3.19. The molecule has 0 saturated carbocycles. The molecular formula is C12H22N2O3. The van der Waals surface area contributed by atoms with Crippen molar-refractivity contribution >= 4 is 11.9 Å². The average molecular weight is 242 g/mol. The van der Waals surface area contributed by atoms with E-state index in [9.17, 15) is 14.7 Å². The van der Waals surface area contributed by atoms with Crippen molar-refractivity contribution in [1.82, 2.24) is 4.90 Å². The average Bonchev–Trinajstić information content (AvgIpc) is 2.53. The summed E-state index contributed by atoms with van der Waals surface area (Å²) in [5, 5.41) is 9.20. The summed E-state index contributed by atoms with van der Waals surface area (Å²) in [5.41, 5.74) is 4.90. The minimum atomic E-state index is -0.909. The number of amides is 1. The summed E-state index contributed by atoms with van der Waals surface area (Å²) < 4.78 is 0. The lowest BCUT2D eigenvalue weighted by Crippen LogP contribution is -2.51. The van der Waals surface area contributed by atoms with Gasteiger partial charge in [0.1, 0.15) is 6.04 Å². The third-order valence-corrected chi connectivity index (χ3v) is 3.39. The highest BCUT2D eigenvalue weighted by Crippen LogP contribution is 2.24. The minimum absolute atomic E-state index is 0.144. The molecule has 98 valence electrons. The van der Waals surface area contributed by atoms with Crippen LogP contribution >= 0.6 is 0 Å². The highest BCUT2D eigenvalue weighted by atomic mass is 16.4. The van der Waals surface area contributed by atoms with Gasteiger partial charge in [-0.15, -0.1) is 0 Å². The number of carbonyl (C=O) groups is 2. The summed E-state index contributed by atoms with van der Waals surface area (Å²) in [6.07, 6.45) is 3.26. The van der Waals surface area contributed by atoms with Gasteiger partial charge in [0.15, 0.2) is 0 Å². The molecule has 0 radical (unpaired) electrons. The zero-order chi connectivity index (χ0) is 13.1. The van der Waals surface area contributed by atoms with Crippen molar-refractivity contribution in [2.24, 2.45) is 11.1 Å². The topological polar surface area (TPSA) is 83.6 Å². The van der Waals surface area contributed by atoms with E-state index in [4.69, 9.17) is 5.73 Å². The van der Waals surface area contributed by atoms with Gasteiger partial charge < -0.3 is 15.7 Å². The Bertz CT molecular complexity index is 302. The van der Waals surface area contributed by atoms with Crippen LogP contribution in [0.2, 0.25) is 0 Å². The van der Waals surface area contributed by atoms with Gasteiger partial charge in [-0.2, -0.15) is 0 Å². The van der Waals surface area contributed by atoms with Crippen molar-refractivity contribution in [1.29, 1.82) is 0 Å². The number of carbonyl (C=O) groups excluding carboxylic acids is 1.